The average molecular weight is 719 g/mol. The second-order valence-corrected chi connectivity index (χ2v) is 18.2. The number of aliphatic hydroxyl groups excluding tert-OH is 2. The third kappa shape index (κ3) is 8.34. The maximum atomic E-state index is 14.7. The van der Waals surface area contributed by atoms with E-state index in [1.165, 1.54) is 7.11 Å². The summed E-state index contributed by atoms with van der Waals surface area (Å²) >= 11 is 7.23. The molecule has 8 nitrogen and oxygen atoms in total. The van der Waals surface area contributed by atoms with Crippen molar-refractivity contribution >= 4 is 34.9 Å². The van der Waals surface area contributed by atoms with Gasteiger partial charge in [0.05, 0.1) is 41.3 Å². The van der Waals surface area contributed by atoms with Crippen LogP contribution in [0.2, 0.25) is 0 Å². The van der Waals surface area contributed by atoms with Crippen molar-refractivity contribution in [3.63, 3.8) is 0 Å². The monoisotopic (exact) mass is 718 g/mol. The lowest BCUT2D eigenvalue weighted by Crippen LogP contribution is -2.55. The molecule has 9 heteroatoms. The fourth-order valence-corrected chi connectivity index (χ4v) is 9.83. The first-order valence-electron chi connectivity index (χ1n) is 19.0. The lowest BCUT2D eigenvalue weighted by molar-refractivity contribution is -0.166. The van der Waals surface area contributed by atoms with Gasteiger partial charge in [-0.1, -0.05) is 57.8 Å². The average Bonchev–Trinajstić information content (AvgIpc) is 3.45. The van der Waals surface area contributed by atoms with Crippen LogP contribution in [-0.2, 0) is 28.7 Å². The van der Waals surface area contributed by atoms with Crippen LogP contribution in [0, 0.1) is 40.9 Å². The first-order valence-corrected chi connectivity index (χ1v) is 19.4. The summed E-state index contributed by atoms with van der Waals surface area (Å²) in [4.78, 5) is 56.5. The zero-order valence-corrected chi connectivity index (χ0v) is 32.7. The molecule has 4 aliphatic rings. The van der Waals surface area contributed by atoms with Crippen LogP contribution in [-0.4, -0.2) is 69.4 Å². The number of hydrogen-bond acceptors (Lipinski definition) is 8. The molecule has 11 atom stereocenters. The summed E-state index contributed by atoms with van der Waals surface area (Å²) in [5.74, 6) is -3.69. The van der Waals surface area contributed by atoms with E-state index in [4.69, 9.17) is 21.1 Å². The highest BCUT2D eigenvalue weighted by Gasteiger charge is 2.60. The van der Waals surface area contributed by atoms with Gasteiger partial charge in [-0.05, 0) is 90.0 Å². The van der Waals surface area contributed by atoms with Gasteiger partial charge in [0.25, 0.3) is 0 Å². The number of halogens is 1. The lowest BCUT2D eigenvalue weighted by atomic mass is 9.52. The molecule has 2 fully saturated rings. The molecule has 0 spiro atoms. The van der Waals surface area contributed by atoms with E-state index in [1.54, 1.807) is 0 Å². The molecule has 0 aromatic carbocycles. The molecule has 0 radical (unpaired) electrons. The summed E-state index contributed by atoms with van der Waals surface area (Å²) < 4.78 is 12.1. The standard InChI is InChI=1S/C41H63ClO8/c1-23(2)28-20-31(43)26(5)12-10-11-24(3)18-32(44)29-19-27(6)37-30(41(29,22-33(28)45)38(48)49-9)17-25(4)13-14-35(47)40(8)16-15-36(50-40)39(7,42)21-34(37)46/h17,23-24,26,28-30,34-36,46-47H,10-16,18-22H2,1-9H3/b25-17+/t24-,26+,28-,29+,30-,34-,35-,36-,39+,40+,41+/m1/s1. The number of aliphatic hydroxyl groups is 2. The number of ether oxygens (including phenoxy) is 2. The number of carbonyl (C=O) groups is 4. The smallest absolute Gasteiger partial charge is 0.313 e. The minimum absolute atomic E-state index is 0.0195. The number of hydrogen-bond donors (Lipinski definition) is 2. The Morgan fingerprint density at radius 2 is 1.66 bits per heavy atom. The number of methoxy groups -OCH3 is 1. The van der Waals surface area contributed by atoms with E-state index >= 15 is 0 Å². The van der Waals surface area contributed by atoms with Crippen molar-refractivity contribution in [1.29, 1.82) is 0 Å². The third-order valence-corrected chi connectivity index (χ3v) is 13.3. The number of esters is 1. The highest BCUT2D eigenvalue weighted by atomic mass is 35.5. The molecule has 0 aromatic rings. The van der Waals surface area contributed by atoms with Gasteiger partial charge in [-0.15, -0.1) is 11.6 Å². The predicted molar refractivity (Wildman–Crippen MR) is 195 cm³/mol. The van der Waals surface area contributed by atoms with Crippen molar-refractivity contribution in [3.05, 3.63) is 22.8 Å². The van der Waals surface area contributed by atoms with E-state index in [-0.39, 0.29) is 67.2 Å². The first kappa shape index (κ1) is 40.9. The number of fused-ring (bicyclic) bond motifs is 5. The molecular weight excluding hydrogens is 656 g/mol. The fraction of sp³-hybridized carbons (Fsp3) is 0.805. The Morgan fingerprint density at radius 1 is 0.980 bits per heavy atom. The molecule has 2 aliphatic carbocycles. The number of alkyl halides is 1. The van der Waals surface area contributed by atoms with Gasteiger partial charge in [0.15, 0.2) is 0 Å². The molecule has 0 aromatic heterocycles. The van der Waals surface area contributed by atoms with Crippen LogP contribution < -0.4 is 0 Å². The molecule has 0 unspecified atom stereocenters. The molecule has 1 saturated heterocycles. The summed E-state index contributed by atoms with van der Waals surface area (Å²) in [5.41, 5.74) is -0.205. The van der Waals surface area contributed by atoms with Crippen LogP contribution in [0.4, 0.5) is 0 Å². The molecule has 2 bridgehead atoms. The topological polar surface area (TPSA) is 127 Å². The van der Waals surface area contributed by atoms with Crippen LogP contribution in [0.3, 0.4) is 0 Å². The van der Waals surface area contributed by atoms with Crippen molar-refractivity contribution in [2.24, 2.45) is 40.9 Å². The SMILES string of the molecule is COC(=O)[C@@]12CC(=O)[C@@H](C(C)C)CC(=O)[C@@H](C)CCC[C@@H](C)CC(=O)[C@@H]1CC(C)=C1[C@H](O)C[C@](C)(Cl)[C@H]3CC[C@](C)(O3)[C@H](O)CC/C(C)=C/[C@H]12. The summed E-state index contributed by atoms with van der Waals surface area (Å²) in [6.07, 6.45) is 4.35. The molecule has 0 amide bonds. The van der Waals surface area contributed by atoms with Crippen molar-refractivity contribution in [2.75, 3.05) is 7.11 Å². The van der Waals surface area contributed by atoms with Gasteiger partial charge in [-0.3, -0.25) is 19.2 Å². The number of carbonyl (C=O) groups excluding carboxylic acids is 4. The number of allylic oxidation sites excluding steroid dienone is 3. The van der Waals surface area contributed by atoms with E-state index in [0.29, 0.717) is 37.7 Å². The van der Waals surface area contributed by atoms with Gasteiger partial charge in [0.2, 0.25) is 0 Å². The Bertz CT molecular complexity index is 1360. The normalized spacial score (nSPS) is 42.7. The number of ketones is 3. The molecule has 282 valence electrons. The molecule has 2 aliphatic heterocycles. The van der Waals surface area contributed by atoms with E-state index in [9.17, 15) is 29.4 Å². The second-order valence-electron chi connectivity index (χ2n) is 17.3. The molecule has 50 heavy (non-hydrogen) atoms. The largest absolute Gasteiger partial charge is 0.469 e. The summed E-state index contributed by atoms with van der Waals surface area (Å²) in [6.45, 7) is 15.4. The maximum absolute atomic E-state index is 14.7. The number of rotatable bonds is 2. The molecule has 2 N–H and O–H groups in total. The van der Waals surface area contributed by atoms with Gasteiger partial charge < -0.3 is 19.7 Å². The van der Waals surface area contributed by atoms with Crippen molar-refractivity contribution < 1.29 is 38.9 Å². The second kappa shape index (κ2) is 16.0. The minimum atomic E-state index is -1.66. The minimum Gasteiger partial charge on any atom is -0.469 e. The van der Waals surface area contributed by atoms with Crippen LogP contribution in [0.15, 0.2) is 22.8 Å². The Hall–Kier alpha value is -1.87. The summed E-state index contributed by atoms with van der Waals surface area (Å²) in [7, 11) is 1.29. The van der Waals surface area contributed by atoms with Gasteiger partial charge in [-0.2, -0.15) is 0 Å². The van der Waals surface area contributed by atoms with Gasteiger partial charge in [0.1, 0.15) is 17.3 Å². The zero-order chi connectivity index (χ0) is 37.3. The van der Waals surface area contributed by atoms with Gasteiger partial charge in [-0.25, -0.2) is 0 Å². The van der Waals surface area contributed by atoms with E-state index < -0.39 is 57.9 Å². The van der Waals surface area contributed by atoms with Crippen LogP contribution in [0.5, 0.6) is 0 Å². The molecule has 4 rings (SSSR count). The predicted octanol–water partition coefficient (Wildman–Crippen LogP) is 7.49. The van der Waals surface area contributed by atoms with E-state index in [2.05, 4.69) is 0 Å². The van der Waals surface area contributed by atoms with E-state index in [1.807, 2.05) is 61.5 Å². The van der Waals surface area contributed by atoms with Crippen molar-refractivity contribution in [3.8, 4) is 0 Å². The third-order valence-electron chi connectivity index (χ3n) is 12.9. The highest BCUT2D eigenvalue weighted by molar-refractivity contribution is 6.24. The van der Waals surface area contributed by atoms with E-state index in [0.717, 1.165) is 24.0 Å². The first-order chi connectivity index (χ1) is 23.3. The fourth-order valence-electron chi connectivity index (χ4n) is 9.53. The molecule has 2 heterocycles. The zero-order valence-electron chi connectivity index (χ0n) is 32.0. The van der Waals surface area contributed by atoms with Crippen LogP contribution in [0.1, 0.15) is 132 Å². The summed E-state index contributed by atoms with van der Waals surface area (Å²) in [6, 6.07) is 0. The van der Waals surface area contributed by atoms with Gasteiger partial charge in [0, 0.05) is 42.9 Å². The van der Waals surface area contributed by atoms with Crippen molar-refractivity contribution in [2.45, 2.75) is 161 Å². The van der Waals surface area contributed by atoms with Crippen LogP contribution >= 0.6 is 11.6 Å². The molecule has 1 saturated carbocycles. The highest BCUT2D eigenvalue weighted by Crippen LogP contribution is 2.56. The number of Topliss-reactive ketones (excluding diaryl/α,β-unsaturated/α-hetero) is 3. The Morgan fingerprint density at radius 3 is 2.30 bits per heavy atom. The molecular formula is C41H63ClO8. The lowest BCUT2D eigenvalue weighted by Gasteiger charge is -2.49. The Labute approximate surface area is 305 Å². The maximum Gasteiger partial charge on any atom is 0.313 e. The van der Waals surface area contributed by atoms with Crippen molar-refractivity contribution in [1.82, 2.24) is 0 Å². The Balaban J connectivity index is 1.98. The summed E-state index contributed by atoms with van der Waals surface area (Å²) in [5, 5.41) is 23.6. The van der Waals surface area contributed by atoms with Crippen LogP contribution in [0.25, 0.3) is 0 Å². The van der Waals surface area contributed by atoms with Gasteiger partial charge >= 0.3 is 5.97 Å². The quantitative estimate of drug-likeness (QED) is 0.171. The Kier molecular flexibility index (Phi) is 13.1.